The highest BCUT2D eigenvalue weighted by Crippen LogP contribution is 1.94. The molecule has 0 spiro atoms. The minimum Gasteiger partial charge on any atom is -0.349 e. The topological polar surface area (TPSA) is 62.2 Å². The van der Waals surface area contributed by atoms with Gasteiger partial charge in [-0.05, 0) is 0 Å². The molecule has 0 aromatic carbocycles. The van der Waals surface area contributed by atoms with E-state index in [2.05, 4.69) is 20.5 Å². The molecule has 1 aromatic heterocycles. The number of halogens is 1. The van der Waals surface area contributed by atoms with Gasteiger partial charge in [-0.25, -0.2) is 4.98 Å². The molecule has 1 saturated heterocycles. The van der Waals surface area contributed by atoms with E-state index in [1.807, 2.05) is 7.05 Å². The Bertz CT molecular complexity index is 375. The zero-order valence-corrected chi connectivity index (χ0v) is 11.4. The molecule has 0 aliphatic carbocycles. The number of hydrogen-bond acceptors (Lipinski definition) is 4. The summed E-state index contributed by atoms with van der Waals surface area (Å²) in [5, 5.41) is 6.18. The molecular formula is C11H20ClN5O. The monoisotopic (exact) mass is 273 g/mol. The number of amides is 1. The maximum atomic E-state index is 11.7. The van der Waals surface area contributed by atoms with Crippen molar-refractivity contribution in [3.63, 3.8) is 0 Å². The SMILES string of the molecule is Cl.Cn1cnc(C(=O)NCCN2CCNCC2)c1. The first-order valence-corrected chi connectivity index (χ1v) is 5.95. The third-order valence-electron chi connectivity index (χ3n) is 2.86. The van der Waals surface area contributed by atoms with E-state index in [1.165, 1.54) is 0 Å². The van der Waals surface area contributed by atoms with Crippen LogP contribution >= 0.6 is 12.4 Å². The Morgan fingerprint density at radius 2 is 2.22 bits per heavy atom. The number of hydrogen-bond donors (Lipinski definition) is 2. The van der Waals surface area contributed by atoms with Gasteiger partial charge in [0, 0.05) is 52.5 Å². The average Bonchev–Trinajstić information content (AvgIpc) is 2.77. The summed E-state index contributed by atoms with van der Waals surface area (Å²) in [5.74, 6) is -0.0965. The molecule has 1 fully saturated rings. The quantitative estimate of drug-likeness (QED) is 0.775. The molecule has 102 valence electrons. The highest BCUT2D eigenvalue weighted by atomic mass is 35.5. The summed E-state index contributed by atoms with van der Waals surface area (Å²) in [6.45, 7) is 5.76. The molecule has 1 aromatic rings. The first kappa shape index (κ1) is 14.9. The molecule has 0 bridgehead atoms. The van der Waals surface area contributed by atoms with Crippen molar-refractivity contribution >= 4 is 18.3 Å². The zero-order chi connectivity index (χ0) is 12.1. The van der Waals surface area contributed by atoms with Gasteiger partial charge in [0.2, 0.25) is 0 Å². The lowest BCUT2D eigenvalue weighted by Gasteiger charge is -2.26. The van der Waals surface area contributed by atoms with Crippen molar-refractivity contribution in [2.24, 2.45) is 7.05 Å². The maximum absolute atomic E-state index is 11.7. The van der Waals surface area contributed by atoms with E-state index in [1.54, 1.807) is 17.1 Å². The van der Waals surface area contributed by atoms with Crippen molar-refractivity contribution in [2.75, 3.05) is 39.3 Å². The van der Waals surface area contributed by atoms with Gasteiger partial charge in [0.05, 0.1) is 6.33 Å². The Kier molecular flexibility index (Phi) is 6.11. The number of aryl methyl sites for hydroxylation is 1. The van der Waals surface area contributed by atoms with E-state index in [0.717, 1.165) is 32.7 Å². The van der Waals surface area contributed by atoms with E-state index in [0.29, 0.717) is 12.2 Å². The van der Waals surface area contributed by atoms with Crippen molar-refractivity contribution in [1.82, 2.24) is 25.1 Å². The van der Waals surface area contributed by atoms with Crippen LogP contribution in [0.1, 0.15) is 10.5 Å². The predicted octanol–water partition coefficient (Wildman–Crippen LogP) is -0.523. The second kappa shape index (κ2) is 7.35. The van der Waals surface area contributed by atoms with Crippen LogP contribution in [0.3, 0.4) is 0 Å². The smallest absolute Gasteiger partial charge is 0.271 e. The minimum absolute atomic E-state index is 0. The van der Waals surface area contributed by atoms with Crippen molar-refractivity contribution < 1.29 is 4.79 Å². The number of rotatable bonds is 4. The van der Waals surface area contributed by atoms with Gasteiger partial charge in [-0.3, -0.25) is 9.69 Å². The van der Waals surface area contributed by atoms with E-state index in [-0.39, 0.29) is 18.3 Å². The lowest BCUT2D eigenvalue weighted by Crippen LogP contribution is -2.46. The predicted molar refractivity (Wildman–Crippen MR) is 72.1 cm³/mol. The fourth-order valence-corrected chi connectivity index (χ4v) is 1.88. The van der Waals surface area contributed by atoms with Crippen LogP contribution in [0.5, 0.6) is 0 Å². The Morgan fingerprint density at radius 1 is 1.50 bits per heavy atom. The minimum atomic E-state index is -0.0965. The standard InChI is InChI=1S/C11H19N5O.ClH/c1-15-8-10(14-9-15)11(17)13-4-7-16-5-2-12-3-6-16;/h8-9,12H,2-7H2,1H3,(H,13,17);1H. The van der Waals surface area contributed by atoms with E-state index >= 15 is 0 Å². The molecule has 0 radical (unpaired) electrons. The average molecular weight is 274 g/mol. The van der Waals surface area contributed by atoms with Gasteiger partial charge in [0.25, 0.3) is 5.91 Å². The van der Waals surface area contributed by atoms with Crippen LogP contribution in [0.25, 0.3) is 0 Å². The number of aromatic nitrogens is 2. The molecule has 1 amide bonds. The van der Waals surface area contributed by atoms with Crippen LogP contribution in [-0.4, -0.2) is 59.6 Å². The summed E-state index contributed by atoms with van der Waals surface area (Å²) in [5.41, 5.74) is 0.479. The number of carbonyl (C=O) groups excluding carboxylic acids is 1. The lowest BCUT2D eigenvalue weighted by atomic mass is 10.3. The maximum Gasteiger partial charge on any atom is 0.271 e. The summed E-state index contributed by atoms with van der Waals surface area (Å²) < 4.78 is 1.77. The Morgan fingerprint density at radius 3 is 2.83 bits per heavy atom. The van der Waals surface area contributed by atoms with Crippen LogP contribution in [0, 0.1) is 0 Å². The number of nitrogens with zero attached hydrogens (tertiary/aromatic N) is 3. The Labute approximate surface area is 113 Å². The molecule has 1 aliphatic rings. The van der Waals surface area contributed by atoms with Crippen molar-refractivity contribution in [3.8, 4) is 0 Å². The van der Waals surface area contributed by atoms with E-state index in [9.17, 15) is 4.79 Å². The fourth-order valence-electron chi connectivity index (χ4n) is 1.88. The van der Waals surface area contributed by atoms with E-state index in [4.69, 9.17) is 0 Å². The Balaban J connectivity index is 0.00000162. The summed E-state index contributed by atoms with van der Waals surface area (Å²) in [4.78, 5) is 18.0. The normalized spacial score (nSPS) is 16.1. The summed E-state index contributed by atoms with van der Waals surface area (Å²) in [6.07, 6.45) is 3.35. The molecule has 2 heterocycles. The van der Waals surface area contributed by atoms with Crippen molar-refractivity contribution in [1.29, 1.82) is 0 Å². The van der Waals surface area contributed by atoms with Crippen LogP contribution < -0.4 is 10.6 Å². The number of imidazole rings is 1. The van der Waals surface area contributed by atoms with Crippen LogP contribution in [0.4, 0.5) is 0 Å². The number of piperazine rings is 1. The summed E-state index contributed by atoms with van der Waals surface area (Å²) >= 11 is 0. The molecule has 0 saturated carbocycles. The van der Waals surface area contributed by atoms with Crippen LogP contribution in [-0.2, 0) is 7.05 Å². The highest BCUT2D eigenvalue weighted by Gasteiger charge is 2.11. The Hall–Kier alpha value is -1.11. The lowest BCUT2D eigenvalue weighted by molar-refractivity contribution is 0.0942. The molecule has 2 rings (SSSR count). The van der Waals surface area contributed by atoms with Gasteiger partial charge in [-0.1, -0.05) is 0 Å². The van der Waals surface area contributed by atoms with Crippen LogP contribution in [0.15, 0.2) is 12.5 Å². The first-order chi connectivity index (χ1) is 8.25. The molecule has 2 N–H and O–H groups in total. The first-order valence-electron chi connectivity index (χ1n) is 5.95. The van der Waals surface area contributed by atoms with Gasteiger partial charge < -0.3 is 15.2 Å². The molecule has 7 heteroatoms. The van der Waals surface area contributed by atoms with Crippen molar-refractivity contribution in [2.45, 2.75) is 0 Å². The number of carbonyl (C=O) groups is 1. The van der Waals surface area contributed by atoms with Gasteiger partial charge in [-0.15, -0.1) is 12.4 Å². The van der Waals surface area contributed by atoms with Crippen molar-refractivity contribution in [3.05, 3.63) is 18.2 Å². The molecule has 0 atom stereocenters. The zero-order valence-electron chi connectivity index (χ0n) is 10.6. The van der Waals surface area contributed by atoms with Gasteiger partial charge in [0.15, 0.2) is 0 Å². The summed E-state index contributed by atoms with van der Waals surface area (Å²) in [7, 11) is 1.85. The molecule has 1 aliphatic heterocycles. The molecule has 18 heavy (non-hydrogen) atoms. The molecule has 0 unspecified atom stereocenters. The number of nitrogens with one attached hydrogen (secondary N) is 2. The van der Waals surface area contributed by atoms with Gasteiger partial charge in [0.1, 0.15) is 5.69 Å². The van der Waals surface area contributed by atoms with E-state index < -0.39 is 0 Å². The third kappa shape index (κ3) is 4.29. The highest BCUT2D eigenvalue weighted by molar-refractivity contribution is 5.91. The van der Waals surface area contributed by atoms with Crippen LogP contribution in [0.2, 0.25) is 0 Å². The largest absolute Gasteiger partial charge is 0.349 e. The van der Waals surface area contributed by atoms with Gasteiger partial charge in [-0.2, -0.15) is 0 Å². The molecular weight excluding hydrogens is 254 g/mol. The second-order valence-electron chi connectivity index (χ2n) is 4.27. The summed E-state index contributed by atoms with van der Waals surface area (Å²) in [6, 6.07) is 0. The second-order valence-corrected chi connectivity index (χ2v) is 4.27. The van der Waals surface area contributed by atoms with Gasteiger partial charge >= 0.3 is 0 Å². The molecule has 6 nitrogen and oxygen atoms in total. The fraction of sp³-hybridized carbons (Fsp3) is 0.636. The third-order valence-corrected chi connectivity index (χ3v) is 2.86.